The maximum atomic E-state index is 10.4. The molecule has 4 nitrogen and oxygen atoms in total. The van der Waals surface area contributed by atoms with E-state index in [4.69, 9.17) is 0 Å². The van der Waals surface area contributed by atoms with E-state index >= 15 is 0 Å². The molecule has 1 radical (unpaired) electrons. The van der Waals surface area contributed by atoms with Crippen molar-refractivity contribution in [3.8, 4) is 10.6 Å². The van der Waals surface area contributed by atoms with E-state index in [1.807, 2.05) is 6.07 Å². The molecule has 2 aromatic rings. The molecule has 2 heterocycles. The first kappa shape index (κ1) is 12.0. The van der Waals surface area contributed by atoms with Gasteiger partial charge < -0.3 is 4.98 Å². The molecule has 0 aromatic carbocycles. The Balaban J connectivity index is 0.00000112. The van der Waals surface area contributed by atoms with Gasteiger partial charge in [0.25, 0.3) is 0 Å². The molecule has 0 aliphatic carbocycles. The summed E-state index contributed by atoms with van der Waals surface area (Å²) in [4.78, 5) is 14.8. The zero-order chi connectivity index (χ0) is 9.97. The third-order valence-electron chi connectivity index (χ3n) is 1.61. The van der Waals surface area contributed by atoms with E-state index in [-0.39, 0.29) is 25.1 Å². The molecule has 0 atom stereocenters. The van der Waals surface area contributed by atoms with Crippen molar-refractivity contribution in [1.82, 2.24) is 4.98 Å². The van der Waals surface area contributed by atoms with Crippen LogP contribution >= 0.6 is 11.3 Å². The van der Waals surface area contributed by atoms with Crippen LogP contribution < -0.4 is 0 Å². The first-order valence-corrected chi connectivity index (χ1v) is 4.66. The van der Waals surface area contributed by atoms with E-state index in [2.05, 4.69) is 11.1 Å². The van der Waals surface area contributed by atoms with E-state index in [1.165, 1.54) is 6.07 Å². The zero-order valence-electron chi connectivity index (χ0n) is 7.34. The average molecular weight is 397 g/mol. The molecule has 0 saturated heterocycles. The van der Waals surface area contributed by atoms with Crippen LogP contribution in [0.4, 0.5) is 5.00 Å². The van der Waals surface area contributed by atoms with Crippen molar-refractivity contribution >= 4 is 16.3 Å². The van der Waals surface area contributed by atoms with Crippen LogP contribution in [0.1, 0.15) is 0 Å². The number of hydrogen-bond donors (Lipinski definition) is 0. The molecular weight excluding hydrogens is 392 g/mol. The predicted molar refractivity (Wildman–Crippen MR) is 53.0 cm³/mol. The van der Waals surface area contributed by atoms with E-state index in [0.29, 0.717) is 10.6 Å². The molecule has 79 valence electrons. The van der Waals surface area contributed by atoms with Crippen LogP contribution in [0.3, 0.4) is 0 Å². The van der Waals surface area contributed by atoms with Gasteiger partial charge in [-0.3, -0.25) is 10.1 Å². The molecule has 0 saturated carbocycles. The van der Waals surface area contributed by atoms with Gasteiger partial charge in [0.1, 0.15) is 0 Å². The van der Waals surface area contributed by atoms with Gasteiger partial charge in [0, 0.05) is 31.2 Å². The molecule has 0 aliphatic heterocycles. The third-order valence-corrected chi connectivity index (χ3v) is 2.62. The molecule has 0 bridgehead atoms. The van der Waals surface area contributed by atoms with E-state index < -0.39 is 4.92 Å². The summed E-state index contributed by atoms with van der Waals surface area (Å²) in [6.07, 6.45) is 1.65. The van der Waals surface area contributed by atoms with Crippen molar-refractivity contribution in [3.05, 3.63) is 46.6 Å². The van der Waals surface area contributed by atoms with Crippen molar-refractivity contribution in [2.45, 2.75) is 0 Å². The second-order valence-electron chi connectivity index (χ2n) is 2.53. The summed E-state index contributed by atoms with van der Waals surface area (Å²) in [5.41, 5.74) is 0.714. The minimum atomic E-state index is -0.423. The van der Waals surface area contributed by atoms with Crippen LogP contribution in [0.15, 0.2) is 30.5 Å². The summed E-state index contributed by atoms with van der Waals surface area (Å²) >= 11 is 1.08. The number of nitrogens with zero attached hydrogens (tertiary/aromatic N) is 2. The Morgan fingerprint density at radius 1 is 1.47 bits per heavy atom. The van der Waals surface area contributed by atoms with Crippen molar-refractivity contribution < 1.29 is 25.0 Å². The number of thiophene rings is 1. The fourth-order valence-electron chi connectivity index (χ4n) is 1.00. The molecule has 2 aromatic heterocycles. The van der Waals surface area contributed by atoms with Crippen molar-refractivity contribution in [3.63, 3.8) is 0 Å². The van der Waals surface area contributed by atoms with E-state index in [0.717, 1.165) is 11.3 Å². The van der Waals surface area contributed by atoms with Gasteiger partial charge in [0.15, 0.2) is 0 Å². The minimum Gasteiger partial charge on any atom is -0.319 e. The van der Waals surface area contributed by atoms with E-state index in [1.54, 1.807) is 18.3 Å². The van der Waals surface area contributed by atoms with E-state index in [9.17, 15) is 10.1 Å². The second-order valence-corrected chi connectivity index (χ2v) is 3.56. The zero-order valence-corrected chi connectivity index (χ0v) is 10.6. The molecule has 0 aliphatic rings. The van der Waals surface area contributed by atoms with Gasteiger partial charge >= 0.3 is 0 Å². The predicted octanol–water partition coefficient (Wildman–Crippen LogP) is 2.52. The number of aromatic nitrogens is 1. The van der Waals surface area contributed by atoms with Crippen molar-refractivity contribution in [1.29, 1.82) is 0 Å². The topological polar surface area (TPSA) is 56.0 Å². The van der Waals surface area contributed by atoms with Crippen LogP contribution in [0.5, 0.6) is 0 Å². The summed E-state index contributed by atoms with van der Waals surface area (Å²) < 4.78 is 0. The first-order chi connectivity index (χ1) is 6.77. The Morgan fingerprint density at radius 2 is 2.27 bits per heavy atom. The minimum absolute atomic E-state index is 0. The van der Waals surface area contributed by atoms with Crippen molar-refractivity contribution in [2.75, 3.05) is 0 Å². The Bertz CT molecular complexity index is 458. The monoisotopic (exact) mass is 398 g/mol. The number of rotatable bonds is 2. The molecule has 0 amide bonds. The van der Waals surface area contributed by atoms with Gasteiger partial charge in [-0.15, -0.1) is 0 Å². The maximum absolute atomic E-state index is 10.4. The summed E-state index contributed by atoms with van der Waals surface area (Å²) in [7, 11) is 0. The van der Waals surface area contributed by atoms with Crippen LogP contribution in [0.25, 0.3) is 10.6 Å². The van der Waals surface area contributed by atoms with Gasteiger partial charge in [-0.25, -0.2) is 0 Å². The Kier molecular flexibility index (Phi) is 4.08. The first-order valence-electron chi connectivity index (χ1n) is 3.84. The molecule has 15 heavy (non-hydrogen) atoms. The standard InChI is InChI=1S/C9H5N2O2S.Ir/c12-11(13)9-5-4-8(14-9)7-3-1-2-6-10-7;/h1-3,5-6H;/q-1;. The molecule has 0 unspecified atom stereocenters. The Labute approximate surface area is 103 Å². The van der Waals surface area contributed by atoms with Crippen LogP contribution in [0.2, 0.25) is 0 Å². The Morgan fingerprint density at radius 3 is 2.80 bits per heavy atom. The van der Waals surface area contributed by atoms with Gasteiger partial charge in [-0.2, -0.15) is 17.4 Å². The Hall–Kier alpha value is -1.10. The number of hydrogen-bond acceptors (Lipinski definition) is 4. The molecule has 6 heteroatoms. The van der Waals surface area contributed by atoms with Gasteiger partial charge in [-0.1, -0.05) is 23.1 Å². The summed E-state index contributed by atoms with van der Waals surface area (Å²) in [5, 5.41) is 10.5. The molecule has 2 rings (SSSR count). The van der Waals surface area contributed by atoms with Crippen molar-refractivity contribution in [2.24, 2.45) is 0 Å². The number of pyridine rings is 1. The SMILES string of the molecule is O=[N+]([O-])c1c[c-]c(-c2ccccn2)s1.[Ir]. The smallest absolute Gasteiger partial charge is 0.227 e. The fraction of sp³-hybridized carbons (Fsp3) is 0. The summed E-state index contributed by atoms with van der Waals surface area (Å²) in [5.74, 6) is 0. The summed E-state index contributed by atoms with van der Waals surface area (Å²) in [6, 6.07) is 9.62. The van der Waals surface area contributed by atoms with Crippen LogP contribution in [-0.2, 0) is 20.1 Å². The third kappa shape index (κ3) is 2.68. The van der Waals surface area contributed by atoms with Crippen LogP contribution in [-0.4, -0.2) is 9.91 Å². The molecule has 0 fully saturated rings. The maximum Gasteiger partial charge on any atom is 0.227 e. The molecule has 0 N–H and O–H groups in total. The largest absolute Gasteiger partial charge is 0.319 e. The summed E-state index contributed by atoms with van der Waals surface area (Å²) in [6.45, 7) is 0. The molecule has 0 spiro atoms. The van der Waals surface area contributed by atoms with Gasteiger partial charge in [-0.05, 0) is 11.8 Å². The quantitative estimate of drug-likeness (QED) is 0.445. The van der Waals surface area contributed by atoms with Crippen LogP contribution in [0, 0.1) is 16.2 Å². The second kappa shape index (κ2) is 5.11. The van der Waals surface area contributed by atoms with Gasteiger partial charge in [0.2, 0.25) is 5.00 Å². The molecular formula is C9H5IrN2O2S-. The average Bonchev–Trinajstić information content (AvgIpc) is 2.68. The normalized spacial score (nSPS) is 9.33. The van der Waals surface area contributed by atoms with Gasteiger partial charge in [0.05, 0.1) is 0 Å². The number of nitro groups is 1. The fourth-order valence-corrected chi connectivity index (χ4v) is 1.75.